The molecule has 0 bridgehead atoms. The van der Waals surface area contributed by atoms with Gasteiger partial charge in [-0.05, 0) is 48.6 Å². The van der Waals surface area contributed by atoms with Gasteiger partial charge < -0.3 is 5.73 Å². The summed E-state index contributed by atoms with van der Waals surface area (Å²) >= 11 is 5.94. The second-order valence-electron chi connectivity index (χ2n) is 5.39. The molecule has 0 aliphatic heterocycles. The third-order valence-electron chi connectivity index (χ3n) is 3.79. The van der Waals surface area contributed by atoms with Crippen molar-refractivity contribution in [3.63, 3.8) is 0 Å². The van der Waals surface area contributed by atoms with E-state index in [0.717, 1.165) is 17.9 Å². The van der Waals surface area contributed by atoms with Gasteiger partial charge in [0.05, 0.1) is 0 Å². The molecule has 2 rings (SSSR count). The van der Waals surface area contributed by atoms with E-state index in [1.54, 1.807) is 0 Å². The maximum Gasteiger partial charge on any atom is 0.0406 e. The van der Waals surface area contributed by atoms with Gasteiger partial charge in [0, 0.05) is 17.0 Å². The second kappa shape index (κ2) is 6.92. The Labute approximate surface area is 126 Å². The third-order valence-corrected chi connectivity index (χ3v) is 4.04. The summed E-state index contributed by atoms with van der Waals surface area (Å²) in [6.45, 7) is 4.26. The molecule has 0 fully saturated rings. The normalized spacial score (nSPS) is 14.0. The quantitative estimate of drug-likeness (QED) is 0.856. The van der Waals surface area contributed by atoms with Crippen molar-refractivity contribution in [1.82, 2.24) is 0 Å². The Morgan fingerprint density at radius 2 is 1.75 bits per heavy atom. The van der Waals surface area contributed by atoms with Gasteiger partial charge in [-0.2, -0.15) is 0 Å². The van der Waals surface area contributed by atoms with E-state index in [-0.39, 0.29) is 6.04 Å². The van der Waals surface area contributed by atoms with E-state index in [0.29, 0.717) is 5.92 Å². The minimum absolute atomic E-state index is 0.123. The molecule has 0 aliphatic carbocycles. The van der Waals surface area contributed by atoms with Gasteiger partial charge in [-0.1, -0.05) is 54.9 Å². The minimum Gasteiger partial charge on any atom is -0.327 e. The lowest BCUT2D eigenvalue weighted by atomic mass is 9.86. The van der Waals surface area contributed by atoms with E-state index in [2.05, 4.69) is 50.2 Å². The molecule has 2 atom stereocenters. The lowest BCUT2D eigenvalue weighted by molar-refractivity contribution is 0.564. The highest BCUT2D eigenvalue weighted by Gasteiger charge is 2.17. The number of aryl methyl sites for hydroxylation is 1. The van der Waals surface area contributed by atoms with Crippen molar-refractivity contribution < 1.29 is 0 Å². The maximum absolute atomic E-state index is 6.21. The molecule has 20 heavy (non-hydrogen) atoms. The van der Waals surface area contributed by atoms with Crippen molar-refractivity contribution in [1.29, 1.82) is 0 Å². The van der Waals surface area contributed by atoms with Crippen LogP contribution in [0, 0.1) is 0 Å². The van der Waals surface area contributed by atoms with Gasteiger partial charge in [0.2, 0.25) is 0 Å². The van der Waals surface area contributed by atoms with E-state index in [4.69, 9.17) is 17.3 Å². The number of nitrogens with two attached hydrogens (primary N) is 1. The molecule has 0 aliphatic rings. The largest absolute Gasteiger partial charge is 0.327 e. The van der Waals surface area contributed by atoms with Crippen LogP contribution in [0.5, 0.6) is 0 Å². The first kappa shape index (κ1) is 15.1. The van der Waals surface area contributed by atoms with Crippen LogP contribution in [0.15, 0.2) is 48.5 Å². The summed E-state index contributed by atoms with van der Waals surface area (Å²) in [5, 5.41) is 0.777. The van der Waals surface area contributed by atoms with Crippen molar-refractivity contribution in [2.24, 2.45) is 5.73 Å². The predicted molar refractivity (Wildman–Crippen MR) is 87.4 cm³/mol. The van der Waals surface area contributed by atoms with Gasteiger partial charge in [-0.25, -0.2) is 0 Å². The Morgan fingerprint density at radius 3 is 2.35 bits per heavy atom. The average molecular weight is 288 g/mol. The molecule has 0 aromatic heterocycles. The van der Waals surface area contributed by atoms with E-state index in [1.807, 2.05) is 12.1 Å². The molecule has 0 spiro atoms. The van der Waals surface area contributed by atoms with Crippen LogP contribution in [0.25, 0.3) is 0 Å². The molecule has 0 saturated carbocycles. The van der Waals surface area contributed by atoms with Gasteiger partial charge in [-0.15, -0.1) is 0 Å². The van der Waals surface area contributed by atoms with E-state index in [1.165, 1.54) is 16.7 Å². The van der Waals surface area contributed by atoms with Crippen LogP contribution in [-0.2, 0) is 12.8 Å². The fourth-order valence-corrected chi connectivity index (χ4v) is 2.65. The summed E-state index contributed by atoms with van der Waals surface area (Å²) in [7, 11) is 0. The lowest BCUT2D eigenvalue weighted by Gasteiger charge is -2.22. The van der Waals surface area contributed by atoms with Crippen LogP contribution in [0.2, 0.25) is 5.02 Å². The second-order valence-corrected chi connectivity index (χ2v) is 5.83. The average Bonchev–Trinajstić information content (AvgIpc) is 2.46. The fraction of sp³-hybridized carbons (Fsp3) is 0.333. The first-order valence-corrected chi connectivity index (χ1v) is 7.56. The zero-order valence-electron chi connectivity index (χ0n) is 12.1. The van der Waals surface area contributed by atoms with Crippen molar-refractivity contribution in [3.05, 3.63) is 70.2 Å². The Bertz CT molecular complexity index is 546. The summed E-state index contributed by atoms with van der Waals surface area (Å²) < 4.78 is 0. The van der Waals surface area contributed by atoms with E-state index in [9.17, 15) is 0 Å². The minimum atomic E-state index is 0.123. The number of rotatable bonds is 5. The topological polar surface area (TPSA) is 26.0 Å². The fourth-order valence-electron chi connectivity index (χ4n) is 2.53. The number of benzene rings is 2. The van der Waals surface area contributed by atoms with Gasteiger partial charge >= 0.3 is 0 Å². The van der Waals surface area contributed by atoms with Crippen LogP contribution in [0.1, 0.15) is 36.5 Å². The van der Waals surface area contributed by atoms with Gasteiger partial charge in [0.25, 0.3) is 0 Å². The highest BCUT2D eigenvalue weighted by molar-refractivity contribution is 6.30. The molecule has 2 aromatic rings. The van der Waals surface area contributed by atoms with Crippen molar-refractivity contribution in [2.75, 3.05) is 0 Å². The molecule has 1 nitrogen and oxygen atoms in total. The first-order valence-electron chi connectivity index (χ1n) is 7.19. The third kappa shape index (κ3) is 3.84. The molecular formula is C18H22ClN. The van der Waals surface area contributed by atoms with Crippen molar-refractivity contribution in [2.45, 2.75) is 38.6 Å². The number of hydrogen-bond donors (Lipinski definition) is 1. The van der Waals surface area contributed by atoms with Crippen LogP contribution in [-0.4, -0.2) is 6.04 Å². The van der Waals surface area contributed by atoms with Crippen LogP contribution < -0.4 is 5.73 Å². The molecule has 2 aromatic carbocycles. The molecule has 0 radical (unpaired) electrons. The van der Waals surface area contributed by atoms with E-state index >= 15 is 0 Å². The highest BCUT2D eigenvalue weighted by atomic mass is 35.5. The van der Waals surface area contributed by atoms with Crippen LogP contribution in [0.4, 0.5) is 0 Å². The van der Waals surface area contributed by atoms with Gasteiger partial charge in [-0.3, -0.25) is 0 Å². The number of halogens is 1. The zero-order chi connectivity index (χ0) is 14.5. The summed E-state index contributed by atoms with van der Waals surface area (Å²) in [6, 6.07) is 16.9. The number of hydrogen-bond acceptors (Lipinski definition) is 1. The van der Waals surface area contributed by atoms with Crippen molar-refractivity contribution in [3.8, 4) is 0 Å². The Morgan fingerprint density at radius 1 is 1.05 bits per heavy atom. The van der Waals surface area contributed by atoms with Crippen LogP contribution >= 0.6 is 11.6 Å². The molecule has 0 amide bonds. The highest BCUT2D eigenvalue weighted by Crippen LogP contribution is 2.25. The smallest absolute Gasteiger partial charge is 0.0406 e. The molecular weight excluding hydrogens is 266 g/mol. The summed E-state index contributed by atoms with van der Waals surface area (Å²) in [5.74, 6) is 0.336. The molecule has 2 N–H and O–H groups in total. The van der Waals surface area contributed by atoms with E-state index < -0.39 is 0 Å². The Balaban J connectivity index is 2.24. The SMILES string of the molecule is CCc1cccc(C(Cc2ccc(Cl)cc2)C(C)N)c1. The molecule has 0 saturated heterocycles. The predicted octanol–water partition coefficient (Wildman–Crippen LogP) is 4.58. The summed E-state index contributed by atoms with van der Waals surface area (Å²) in [5.41, 5.74) is 10.2. The monoisotopic (exact) mass is 287 g/mol. The standard InChI is InChI=1S/C18H22ClN/c1-3-14-5-4-6-16(11-14)18(13(2)20)12-15-7-9-17(19)10-8-15/h4-11,13,18H,3,12,20H2,1-2H3. The van der Waals surface area contributed by atoms with Crippen LogP contribution in [0.3, 0.4) is 0 Å². The molecule has 2 heteroatoms. The lowest BCUT2D eigenvalue weighted by Crippen LogP contribution is -2.26. The first-order chi connectivity index (χ1) is 9.60. The summed E-state index contributed by atoms with van der Waals surface area (Å²) in [4.78, 5) is 0. The molecule has 0 heterocycles. The Hall–Kier alpha value is -1.31. The molecule has 2 unspecified atom stereocenters. The summed E-state index contributed by atoms with van der Waals surface area (Å²) in [6.07, 6.45) is 2.00. The Kier molecular flexibility index (Phi) is 5.22. The zero-order valence-corrected chi connectivity index (χ0v) is 12.9. The maximum atomic E-state index is 6.21. The van der Waals surface area contributed by atoms with Crippen molar-refractivity contribution >= 4 is 11.6 Å². The van der Waals surface area contributed by atoms with Gasteiger partial charge in [0.1, 0.15) is 0 Å². The van der Waals surface area contributed by atoms with Gasteiger partial charge in [0.15, 0.2) is 0 Å². The molecule has 106 valence electrons.